The molecule has 0 aliphatic carbocycles. The molecular weight excluding hydrogens is 244 g/mol. The van der Waals surface area contributed by atoms with Crippen molar-refractivity contribution in [1.29, 1.82) is 0 Å². The molecule has 1 fully saturated rings. The number of carbonyl (C=O) groups is 1. The topological polar surface area (TPSA) is 61.6 Å². The van der Waals surface area contributed by atoms with Crippen molar-refractivity contribution in [3.63, 3.8) is 0 Å². The highest BCUT2D eigenvalue weighted by molar-refractivity contribution is 5.88. The Hall–Kier alpha value is -1.40. The summed E-state index contributed by atoms with van der Waals surface area (Å²) in [5.41, 5.74) is 1.10. The van der Waals surface area contributed by atoms with E-state index in [4.69, 9.17) is 5.11 Å². The Morgan fingerprint density at radius 2 is 2.21 bits per heavy atom. The van der Waals surface area contributed by atoms with Crippen LogP contribution in [0.25, 0.3) is 0 Å². The third kappa shape index (κ3) is 2.96. The smallest absolute Gasteiger partial charge is 0.339 e. The van der Waals surface area contributed by atoms with Gasteiger partial charge < -0.3 is 10.0 Å². The second-order valence-electron chi connectivity index (χ2n) is 5.21. The molecule has 1 N–H and O–H groups in total. The molecule has 0 saturated carbocycles. The van der Waals surface area contributed by atoms with E-state index in [0.717, 1.165) is 31.7 Å². The maximum atomic E-state index is 11.2. The number of carboxylic acids is 1. The third-order valence-corrected chi connectivity index (χ3v) is 4.00. The van der Waals surface area contributed by atoms with Crippen molar-refractivity contribution in [2.24, 2.45) is 7.05 Å². The van der Waals surface area contributed by atoms with Crippen molar-refractivity contribution in [2.45, 2.75) is 25.9 Å². The molecule has 106 valence electrons. The summed E-state index contributed by atoms with van der Waals surface area (Å²) >= 11 is 0. The van der Waals surface area contributed by atoms with Crippen LogP contribution in [0.15, 0.2) is 6.20 Å². The average Bonchev–Trinajstić information content (AvgIpc) is 2.73. The summed E-state index contributed by atoms with van der Waals surface area (Å²) in [6.45, 7) is 5.83. The Labute approximate surface area is 113 Å². The monoisotopic (exact) mass is 266 g/mol. The van der Waals surface area contributed by atoms with E-state index in [1.807, 2.05) is 0 Å². The number of aryl methyl sites for hydroxylation is 1. The van der Waals surface area contributed by atoms with Gasteiger partial charge in [-0.15, -0.1) is 0 Å². The summed E-state index contributed by atoms with van der Waals surface area (Å²) in [7, 11) is 3.95. The van der Waals surface area contributed by atoms with Crippen molar-refractivity contribution in [1.82, 2.24) is 19.6 Å². The van der Waals surface area contributed by atoms with Gasteiger partial charge in [-0.2, -0.15) is 5.10 Å². The first-order valence-corrected chi connectivity index (χ1v) is 6.69. The lowest BCUT2D eigenvalue weighted by atomic mass is 10.1. The Morgan fingerprint density at radius 3 is 2.84 bits per heavy atom. The fourth-order valence-corrected chi connectivity index (χ4v) is 2.64. The van der Waals surface area contributed by atoms with Gasteiger partial charge in [-0.05, 0) is 13.5 Å². The van der Waals surface area contributed by atoms with E-state index in [9.17, 15) is 4.79 Å². The first kappa shape index (κ1) is 14.0. The summed E-state index contributed by atoms with van der Waals surface area (Å²) in [4.78, 5) is 15.9. The summed E-state index contributed by atoms with van der Waals surface area (Å²) < 4.78 is 1.67. The van der Waals surface area contributed by atoms with Gasteiger partial charge in [0.1, 0.15) is 5.56 Å². The standard InChI is InChI=1S/C13H22N4O2/c1-4-10-8-17(6-5-15(10)2)9-12-11(13(18)19)7-14-16(12)3/h7,10H,4-6,8-9H2,1-3H3,(H,18,19). The van der Waals surface area contributed by atoms with Crippen LogP contribution in [0.5, 0.6) is 0 Å². The Balaban J connectivity index is 2.09. The molecule has 1 atom stereocenters. The number of carboxylic acid groups (broad SMARTS) is 1. The summed E-state index contributed by atoms with van der Waals surface area (Å²) in [5.74, 6) is -0.899. The molecular formula is C13H22N4O2. The largest absolute Gasteiger partial charge is 0.478 e. The molecule has 2 heterocycles. The maximum Gasteiger partial charge on any atom is 0.339 e. The van der Waals surface area contributed by atoms with Gasteiger partial charge in [-0.3, -0.25) is 9.58 Å². The van der Waals surface area contributed by atoms with Crippen LogP contribution in [0.1, 0.15) is 29.4 Å². The Kier molecular flexibility index (Phi) is 4.21. The molecule has 2 rings (SSSR count). The second-order valence-corrected chi connectivity index (χ2v) is 5.21. The number of nitrogens with zero attached hydrogens (tertiary/aromatic N) is 4. The predicted molar refractivity (Wildman–Crippen MR) is 72.2 cm³/mol. The minimum atomic E-state index is -0.899. The zero-order valence-electron chi connectivity index (χ0n) is 11.8. The van der Waals surface area contributed by atoms with E-state index >= 15 is 0 Å². The van der Waals surface area contributed by atoms with Gasteiger partial charge in [0.05, 0.1) is 11.9 Å². The van der Waals surface area contributed by atoms with Gasteiger partial charge in [-0.1, -0.05) is 6.92 Å². The van der Waals surface area contributed by atoms with Crippen molar-refractivity contribution in [2.75, 3.05) is 26.7 Å². The van der Waals surface area contributed by atoms with Gasteiger partial charge in [0.15, 0.2) is 0 Å². The lowest BCUT2D eigenvalue weighted by Crippen LogP contribution is -2.50. The first-order valence-electron chi connectivity index (χ1n) is 6.69. The van der Waals surface area contributed by atoms with Crippen LogP contribution in [0.4, 0.5) is 0 Å². The summed E-state index contributed by atoms with van der Waals surface area (Å²) in [6, 6.07) is 0.551. The van der Waals surface area contributed by atoms with Crippen LogP contribution >= 0.6 is 0 Å². The van der Waals surface area contributed by atoms with Gasteiger partial charge in [0, 0.05) is 39.3 Å². The van der Waals surface area contributed by atoms with Crippen LogP contribution < -0.4 is 0 Å². The lowest BCUT2D eigenvalue weighted by Gasteiger charge is -2.39. The van der Waals surface area contributed by atoms with E-state index in [0.29, 0.717) is 18.2 Å². The molecule has 1 aromatic heterocycles. The lowest BCUT2D eigenvalue weighted by molar-refractivity contribution is 0.0686. The molecule has 0 aromatic carbocycles. The summed E-state index contributed by atoms with van der Waals surface area (Å²) in [5, 5.41) is 13.2. The molecule has 1 saturated heterocycles. The zero-order valence-corrected chi connectivity index (χ0v) is 11.8. The van der Waals surface area contributed by atoms with Crippen LogP contribution in [-0.2, 0) is 13.6 Å². The Bertz CT molecular complexity index is 457. The normalized spacial score (nSPS) is 21.7. The van der Waals surface area contributed by atoms with E-state index in [2.05, 4.69) is 28.9 Å². The van der Waals surface area contributed by atoms with Crippen LogP contribution in [-0.4, -0.2) is 63.4 Å². The Morgan fingerprint density at radius 1 is 1.47 bits per heavy atom. The molecule has 0 amide bonds. The van der Waals surface area contributed by atoms with E-state index in [1.54, 1.807) is 11.7 Å². The average molecular weight is 266 g/mol. The van der Waals surface area contributed by atoms with E-state index in [1.165, 1.54) is 6.20 Å². The number of aromatic carboxylic acids is 1. The quantitative estimate of drug-likeness (QED) is 0.867. The SMILES string of the molecule is CCC1CN(Cc2c(C(=O)O)cnn2C)CCN1C. The van der Waals surface area contributed by atoms with Crippen molar-refractivity contribution >= 4 is 5.97 Å². The molecule has 6 nitrogen and oxygen atoms in total. The molecule has 1 aliphatic heterocycles. The van der Waals surface area contributed by atoms with Crippen molar-refractivity contribution < 1.29 is 9.90 Å². The number of hydrogen-bond acceptors (Lipinski definition) is 4. The zero-order chi connectivity index (χ0) is 14.0. The van der Waals surface area contributed by atoms with Crippen molar-refractivity contribution in [3.8, 4) is 0 Å². The number of piperazine rings is 1. The minimum absolute atomic E-state index is 0.314. The van der Waals surface area contributed by atoms with Gasteiger partial charge in [0.2, 0.25) is 0 Å². The number of hydrogen-bond donors (Lipinski definition) is 1. The maximum absolute atomic E-state index is 11.2. The molecule has 1 aromatic rings. The molecule has 0 radical (unpaired) electrons. The molecule has 1 aliphatic rings. The van der Waals surface area contributed by atoms with Gasteiger partial charge in [-0.25, -0.2) is 4.79 Å². The number of likely N-dealkylation sites (N-methyl/N-ethyl adjacent to an activating group) is 1. The molecule has 6 heteroatoms. The third-order valence-electron chi connectivity index (χ3n) is 4.00. The summed E-state index contributed by atoms with van der Waals surface area (Å²) in [6.07, 6.45) is 2.55. The highest BCUT2D eigenvalue weighted by atomic mass is 16.4. The minimum Gasteiger partial charge on any atom is -0.478 e. The fourth-order valence-electron chi connectivity index (χ4n) is 2.64. The second kappa shape index (κ2) is 5.71. The molecule has 0 bridgehead atoms. The fraction of sp³-hybridized carbons (Fsp3) is 0.692. The van der Waals surface area contributed by atoms with E-state index in [-0.39, 0.29) is 0 Å². The highest BCUT2D eigenvalue weighted by Crippen LogP contribution is 2.16. The molecule has 1 unspecified atom stereocenters. The van der Waals surface area contributed by atoms with E-state index < -0.39 is 5.97 Å². The number of aromatic nitrogens is 2. The number of rotatable bonds is 4. The molecule has 0 spiro atoms. The highest BCUT2D eigenvalue weighted by Gasteiger charge is 2.25. The predicted octanol–water partition coefficient (Wildman–Crippen LogP) is 0.644. The van der Waals surface area contributed by atoms with Crippen LogP contribution in [0, 0.1) is 0 Å². The van der Waals surface area contributed by atoms with Crippen LogP contribution in [0.2, 0.25) is 0 Å². The van der Waals surface area contributed by atoms with Crippen LogP contribution in [0.3, 0.4) is 0 Å². The van der Waals surface area contributed by atoms with Crippen molar-refractivity contribution in [3.05, 3.63) is 17.5 Å². The van der Waals surface area contributed by atoms with Gasteiger partial charge >= 0.3 is 5.97 Å². The van der Waals surface area contributed by atoms with Gasteiger partial charge in [0.25, 0.3) is 0 Å². The first-order chi connectivity index (χ1) is 9.02. The molecule has 19 heavy (non-hydrogen) atoms.